The van der Waals surface area contributed by atoms with Crippen molar-refractivity contribution in [2.45, 2.75) is 69.4 Å². The van der Waals surface area contributed by atoms with Crippen molar-refractivity contribution in [1.82, 2.24) is 4.98 Å². The maximum absolute atomic E-state index is 13.4. The van der Waals surface area contributed by atoms with Gasteiger partial charge in [0.25, 0.3) is 0 Å². The first kappa shape index (κ1) is 23.9. The first-order chi connectivity index (χ1) is 16.0. The molecule has 1 aliphatic carbocycles. The third-order valence-corrected chi connectivity index (χ3v) is 8.10. The summed E-state index contributed by atoms with van der Waals surface area (Å²) in [6, 6.07) is 13.9. The normalized spacial score (nSPS) is 25.5. The van der Waals surface area contributed by atoms with Gasteiger partial charge in [-0.15, -0.1) is 0 Å². The Balaban J connectivity index is 1.39. The predicted molar refractivity (Wildman–Crippen MR) is 129 cm³/mol. The van der Waals surface area contributed by atoms with E-state index in [4.69, 9.17) is 4.74 Å². The molecule has 33 heavy (non-hydrogen) atoms. The minimum atomic E-state index is -1.55. The van der Waals surface area contributed by atoms with E-state index >= 15 is 0 Å². The zero-order chi connectivity index (χ0) is 23.2. The fourth-order valence-corrected chi connectivity index (χ4v) is 5.95. The molecule has 1 aromatic carbocycles. The highest BCUT2D eigenvalue weighted by atomic mass is 16.6. The lowest BCUT2D eigenvalue weighted by Crippen LogP contribution is -2.52. The highest BCUT2D eigenvalue weighted by molar-refractivity contribution is 5.81. The van der Waals surface area contributed by atoms with E-state index in [2.05, 4.69) is 24.2 Å². The Morgan fingerprint density at radius 2 is 1.79 bits per heavy atom. The third-order valence-electron chi connectivity index (χ3n) is 8.10. The standard InChI is InChI=1S/C28H39N2O3/c1-30(20-8-10-23-16-18-29-19-17-23)21-9-15-26(30)22-33-27(31)28(32,24-11-4-2-5-12-24)25-13-6-3-7-14-25/h2,4-5,11-12,16-19,25-26,32H,3,6-10,13-15,20-22H2,1H3/q+1/t26-,28?,30?/m1/s1. The van der Waals surface area contributed by atoms with Crippen molar-refractivity contribution in [1.29, 1.82) is 0 Å². The number of hydrogen-bond acceptors (Lipinski definition) is 4. The number of pyridine rings is 1. The lowest BCUT2D eigenvalue weighted by atomic mass is 9.73. The molecule has 2 aromatic rings. The van der Waals surface area contributed by atoms with Gasteiger partial charge < -0.3 is 14.3 Å². The smallest absolute Gasteiger partial charge is 0.343 e. The number of quaternary nitrogens is 1. The fourth-order valence-electron chi connectivity index (χ4n) is 5.95. The number of nitrogens with zero attached hydrogens (tertiary/aromatic N) is 2. The van der Waals surface area contributed by atoms with E-state index in [-0.39, 0.29) is 12.0 Å². The molecule has 1 saturated carbocycles. The Kier molecular flexibility index (Phi) is 7.82. The molecule has 1 aliphatic heterocycles. The largest absolute Gasteiger partial charge is 0.457 e. The number of aryl methyl sites for hydroxylation is 1. The van der Waals surface area contributed by atoms with Crippen LogP contribution in [-0.2, 0) is 21.6 Å². The summed E-state index contributed by atoms with van der Waals surface area (Å²) in [5.41, 5.74) is 0.437. The van der Waals surface area contributed by atoms with Gasteiger partial charge in [0, 0.05) is 37.6 Å². The van der Waals surface area contributed by atoms with E-state index < -0.39 is 11.6 Å². The van der Waals surface area contributed by atoms with Crippen molar-refractivity contribution < 1.29 is 19.1 Å². The highest BCUT2D eigenvalue weighted by Crippen LogP contribution is 2.40. The van der Waals surface area contributed by atoms with E-state index in [9.17, 15) is 9.90 Å². The summed E-state index contributed by atoms with van der Waals surface area (Å²) in [4.78, 5) is 17.5. The average molecular weight is 452 g/mol. The van der Waals surface area contributed by atoms with Crippen LogP contribution in [-0.4, -0.2) is 53.3 Å². The van der Waals surface area contributed by atoms with Gasteiger partial charge in [-0.25, -0.2) is 4.79 Å². The molecule has 0 amide bonds. The second-order valence-electron chi connectivity index (χ2n) is 10.2. The van der Waals surface area contributed by atoms with Crippen LogP contribution in [0.3, 0.4) is 0 Å². The Morgan fingerprint density at radius 1 is 1.06 bits per heavy atom. The number of carbonyl (C=O) groups excluding carboxylic acids is 1. The predicted octanol–water partition coefficient (Wildman–Crippen LogP) is 4.63. The maximum atomic E-state index is 13.4. The molecule has 0 spiro atoms. The van der Waals surface area contributed by atoms with Crippen LogP contribution in [0.15, 0.2) is 54.9 Å². The molecule has 2 aliphatic rings. The number of benzene rings is 1. The first-order valence-corrected chi connectivity index (χ1v) is 12.7. The fraction of sp³-hybridized carbons (Fsp3) is 0.571. The molecule has 1 N–H and O–H groups in total. The van der Waals surface area contributed by atoms with Crippen molar-refractivity contribution in [2.24, 2.45) is 5.92 Å². The van der Waals surface area contributed by atoms with Gasteiger partial charge in [-0.3, -0.25) is 4.98 Å². The van der Waals surface area contributed by atoms with Gasteiger partial charge in [0.1, 0.15) is 12.6 Å². The van der Waals surface area contributed by atoms with Crippen LogP contribution in [0.25, 0.3) is 0 Å². The first-order valence-electron chi connectivity index (χ1n) is 12.7. The number of hydrogen-bond donors (Lipinski definition) is 1. The number of esters is 1. The molecule has 5 heteroatoms. The van der Waals surface area contributed by atoms with Crippen molar-refractivity contribution >= 4 is 5.97 Å². The summed E-state index contributed by atoms with van der Waals surface area (Å²) >= 11 is 0. The molecule has 4 rings (SSSR count). The average Bonchev–Trinajstić information content (AvgIpc) is 3.23. The molecule has 1 saturated heterocycles. The number of likely N-dealkylation sites (tertiary alicyclic amines) is 1. The SMILES string of the molecule is C[N+]1(CCCc2ccncc2)CCC[C@@H]1COC(=O)C(O)(c1ccccc1)C1CCCCC1. The molecule has 2 fully saturated rings. The molecule has 2 heterocycles. The number of carbonyl (C=O) groups is 1. The Hall–Kier alpha value is -2.24. The second-order valence-corrected chi connectivity index (χ2v) is 10.2. The summed E-state index contributed by atoms with van der Waals surface area (Å²) < 4.78 is 6.88. The van der Waals surface area contributed by atoms with Crippen molar-refractivity contribution in [3.63, 3.8) is 0 Å². The molecule has 2 unspecified atom stereocenters. The lowest BCUT2D eigenvalue weighted by Gasteiger charge is -2.39. The van der Waals surface area contributed by atoms with Gasteiger partial charge in [-0.1, -0.05) is 49.6 Å². The van der Waals surface area contributed by atoms with Gasteiger partial charge in [-0.2, -0.15) is 0 Å². The van der Waals surface area contributed by atoms with Gasteiger partial charge in [-0.05, 0) is 42.5 Å². The summed E-state index contributed by atoms with van der Waals surface area (Å²) in [6.45, 7) is 2.56. The number of aromatic nitrogens is 1. The zero-order valence-electron chi connectivity index (χ0n) is 20.0. The van der Waals surface area contributed by atoms with Crippen LogP contribution >= 0.6 is 0 Å². The molecule has 178 valence electrons. The molecule has 0 radical (unpaired) electrons. The summed E-state index contributed by atoms with van der Waals surface area (Å²) in [5, 5.41) is 11.8. The van der Waals surface area contributed by atoms with Gasteiger partial charge in [0.2, 0.25) is 0 Å². The van der Waals surface area contributed by atoms with Crippen LogP contribution in [0.4, 0.5) is 0 Å². The third kappa shape index (κ3) is 5.47. The van der Waals surface area contributed by atoms with E-state index in [0.29, 0.717) is 12.2 Å². The molecular weight excluding hydrogens is 412 g/mol. The Labute approximate surface area is 198 Å². The molecular formula is C28H39N2O3+. The number of ether oxygens (including phenoxy) is 1. The summed E-state index contributed by atoms with van der Waals surface area (Å²) in [7, 11) is 2.29. The molecule has 3 atom stereocenters. The minimum Gasteiger partial charge on any atom is -0.457 e. The van der Waals surface area contributed by atoms with Gasteiger partial charge >= 0.3 is 5.97 Å². The highest BCUT2D eigenvalue weighted by Gasteiger charge is 2.48. The van der Waals surface area contributed by atoms with Gasteiger partial charge in [0.15, 0.2) is 5.60 Å². The van der Waals surface area contributed by atoms with E-state index in [1.54, 1.807) is 0 Å². The van der Waals surface area contributed by atoms with Crippen LogP contribution in [0.5, 0.6) is 0 Å². The van der Waals surface area contributed by atoms with Crippen molar-refractivity contribution in [2.75, 3.05) is 26.7 Å². The Morgan fingerprint density at radius 3 is 2.52 bits per heavy atom. The molecule has 1 aromatic heterocycles. The zero-order valence-corrected chi connectivity index (χ0v) is 20.0. The molecule has 0 bridgehead atoms. The molecule has 5 nitrogen and oxygen atoms in total. The quantitative estimate of drug-likeness (QED) is 0.446. The van der Waals surface area contributed by atoms with Crippen LogP contribution in [0.2, 0.25) is 0 Å². The maximum Gasteiger partial charge on any atom is 0.343 e. The van der Waals surface area contributed by atoms with E-state index in [1.807, 2.05) is 42.7 Å². The van der Waals surface area contributed by atoms with Crippen LogP contribution in [0.1, 0.15) is 62.5 Å². The van der Waals surface area contributed by atoms with Crippen LogP contribution < -0.4 is 0 Å². The Bertz CT molecular complexity index is 885. The van der Waals surface area contributed by atoms with E-state index in [1.165, 1.54) is 12.0 Å². The lowest BCUT2D eigenvalue weighted by molar-refractivity contribution is -0.921. The topological polar surface area (TPSA) is 59.4 Å². The monoisotopic (exact) mass is 451 g/mol. The van der Waals surface area contributed by atoms with E-state index in [0.717, 1.165) is 68.9 Å². The minimum absolute atomic E-state index is 0.0778. The van der Waals surface area contributed by atoms with Crippen molar-refractivity contribution in [3.8, 4) is 0 Å². The van der Waals surface area contributed by atoms with Gasteiger partial charge in [0.05, 0.1) is 20.1 Å². The summed E-state index contributed by atoms with van der Waals surface area (Å²) in [6.07, 6.45) is 13.1. The number of likely N-dealkylation sites (N-methyl/N-ethyl adjacent to an activating group) is 1. The second kappa shape index (κ2) is 10.8. The number of rotatable bonds is 9. The van der Waals surface area contributed by atoms with Crippen LogP contribution in [0, 0.1) is 5.92 Å². The number of aliphatic hydroxyl groups is 1. The van der Waals surface area contributed by atoms with Crippen molar-refractivity contribution in [3.05, 3.63) is 66.0 Å². The summed E-state index contributed by atoms with van der Waals surface area (Å²) in [5.74, 6) is -0.540.